The van der Waals surface area contributed by atoms with Gasteiger partial charge in [-0.2, -0.15) is 0 Å². The Bertz CT molecular complexity index is 684. The number of hydrogen-bond donors (Lipinski definition) is 1. The number of thiazole rings is 1. The molecule has 0 aliphatic rings. The molecule has 3 rings (SSSR count). The number of aryl methyl sites for hydroxylation is 1. The van der Waals surface area contributed by atoms with Gasteiger partial charge in [0.25, 0.3) is 0 Å². The summed E-state index contributed by atoms with van der Waals surface area (Å²) in [6, 6.07) is 3.58. The van der Waals surface area contributed by atoms with E-state index in [1.165, 1.54) is 11.3 Å². The Kier molecular flexibility index (Phi) is 2.60. The van der Waals surface area contributed by atoms with Crippen LogP contribution in [0.25, 0.3) is 16.5 Å². The predicted molar refractivity (Wildman–Crippen MR) is 64.5 cm³/mol. The van der Waals surface area contributed by atoms with Crippen molar-refractivity contribution in [2.24, 2.45) is 0 Å². The highest BCUT2D eigenvalue weighted by Gasteiger charge is 2.15. The fourth-order valence-corrected chi connectivity index (χ4v) is 2.61. The number of aromatic nitrogens is 3. The Morgan fingerprint density at radius 1 is 1.50 bits per heavy atom. The first-order valence-corrected chi connectivity index (χ1v) is 6.21. The first-order valence-electron chi connectivity index (χ1n) is 5.33. The van der Waals surface area contributed by atoms with Gasteiger partial charge in [-0.1, -0.05) is 0 Å². The lowest BCUT2D eigenvalue weighted by Gasteiger charge is -1.98. The van der Waals surface area contributed by atoms with Crippen LogP contribution in [0.5, 0.6) is 0 Å². The second-order valence-electron chi connectivity index (χ2n) is 3.74. The number of nitrogens with zero attached hydrogens (tertiary/aromatic N) is 3. The van der Waals surface area contributed by atoms with Gasteiger partial charge in [-0.3, -0.25) is 9.20 Å². The molecule has 0 saturated carbocycles. The molecule has 92 valence electrons. The molecule has 0 unspecified atom stereocenters. The third-order valence-electron chi connectivity index (χ3n) is 2.56. The summed E-state index contributed by atoms with van der Waals surface area (Å²) in [6.45, 7) is 0. The third kappa shape index (κ3) is 1.78. The summed E-state index contributed by atoms with van der Waals surface area (Å²) in [5, 5.41) is 18.7. The maximum Gasteiger partial charge on any atom is 0.303 e. The summed E-state index contributed by atoms with van der Waals surface area (Å²) < 4.78 is 7.14. The molecule has 3 aromatic heterocycles. The zero-order valence-electron chi connectivity index (χ0n) is 9.24. The molecular weight excluding hydrogens is 254 g/mol. The number of fused-ring (bicyclic) bond motifs is 1. The molecule has 0 bridgehead atoms. The molecule has 1 N–H and O–H groups in total. The van der Waals surface area contributed by atoms with Gasteiger partial charge in [-0.15, -0.1) is 21.5 Å². The molecule has 6 nitrogen and oxygen atoms in total. The number of carboxylic acids is 1. The van der Waals surface area contributed by atoms with Gasteiger partial charge in [0, 0.05) is 11.1 Å². The maximum atomic E-state index is 10.6. The van der Waals surface area contributed by atoms with Gasteiger partial charge in [0.1, 0.15) is 0 Å². The number of aliphatic carboxylic acids is 1. The van der Waals surface area contributed by atoms with Crippen LogP contribution >= 0.6 is 11.3 Å². The van der Waals surface area contributed by atoms with Crippen LogP contribution < -0.4 is 0 Å². The monoisotopic (exact) mass is 263 g/mol. The van der Waals surface area contributed by atoms with Gasteiger partial charge < -0.3 is 9.52 Å². The standard InChI is InChI=1S/C11H9N3O3S/c15-9(16)4-3-7-6-18-11-13-12-10(14(7)11)8-2-1-5-17-8/h1-2,5-6H,3-4H2,(H,15,16). The van der Waals surface area contributed by atoms with Crippen molar-refractivity contribution >= 4 is 22.3 Å². The van der Waals surface area contributed by atoms with Gasteiger partial charge in [0.15, 0.2) is 5.76 Å². The van der Waals surface area contributed by atoms with E-state index in [0.717, 1.165) is 10.7 Å². The van der Waals surface area contributed by atoms with Crippen molar-refractivity contribution in [3.8, 4) is 11.6 Å². The second-order valence-corrected chi connectivity index (χ2v) is 4.58. The van der Waals surface area contributed by atoms with Crippen molar-refractivity contribution in [3.05, 3.63) is 29.5 Å². The predicted octanol–water partition coefficient (Wildman–Crippen LogP) is 2.07. The molecule has 18 heavy (non-hydrogen) atoms. The lowest BCUT2D eigenvalue weighted by Crippen LogP contribution is -2.00. The van der Waals surface area contributed by atoms with E-state index >= 15 is 0 Å². The zero-order valence-corrected chi connectivity index (χ0v) is 10.1. The summed E-state index contributed by atoms with van der Waals surface area (Å²) in [4.78, 5) is 11.4. The Hall–Kier alpha value is -2.15. The molecule has 0 aliphatic carbocycles. The summed E-state index contributed by atoms with van der Waals surface area (Å²) >= 11 is 1.44. The summed E-state index contributed by atoms with van der Waals surface area (Å²) in [5.74, 6) is 0.413. The summed E-state index contributed by atoms with van der Waals surface area (Å²) in [7, 11) is 0. The molecule has 0 aromatic carbocycles. The highest BCUT2D eigenvalue weighted by Crippen LogP contribution is 2.24. The van der Waals surface area contributed by atoms with Crippen LogP contribution in [0.15, 0.2) is 28.2 Å². The molecule has 3 aromatic rings. The quantitative estimate of drug-likeness (QED) is 0.779. The molecule has 0 fully saturated rings. The minimum atomic E-state index is -0.818. The fourth-order valence-electron chi connectivity index (χ4n) is 1.75. The van der Waals surface area contributed by atoms with Crippen LogP contribution in [-0.4, -0.2) is 25.7 Å². The van der Waals surface area contributed by atoms with E-state index in [1.807, 2.05) is 9.78 Å². The number of hydrogen-bond acceptors (Lipinski definition) is 5. The minimum Gasteiger partial charge on any atom is -0.481 e. The van der Waals surface area contributed by atoms with Crippen molar-refractivity contribution in [2.75, 3.05) is 0 Å². The van der Waals surface area contributed by atoms with Gasteiger partial charge in [0.05, 0.1) is 12.7 Å². The van der Waals surface area contributed by atoms with E-state index in [4.69, 9.17) is 9.52 Å². The highest BCUT2D eigenvalue weighted by molar-refractivity contribution is 7.15. The van der Waals surface area contributed by atoms with E-state index < -0.39 is 5.97 Å². The van der Waals surface area contributed by atoms with Crippen LogP contribution in [0.1, 0.15) is 12.1 Å². The van der Waals surface area contributed by atoms with E-state index in [2.05, 4.69) is 10.2 Å². The van der Waals surface area contributed by atoms with Crippen LogP contribution in [0.4, 0.5) is 0 Å². The van der Waals surface area contributed by atoms with E-state index in [1.54, 1.807) is 18.4 Å². The fraction of sp³-hybridized carbons (Fsp3) is 0.182. The Balaban J connectivity index is 2.05. The molecule has 3 heterocycles. The third-order valence-corrected chi connectivity index (χ3v) is 3.42. The molecule has 0 spiro atoms. The smallest absolute Gasteiger partial charge is 0.303 e. The van der Waals surface area contributed by atoms with Crippen LogP contribution in [-0.2, 0) is 11.2 Å². The molecule has 0 saturated heterocycles. The van der Waals surface area contributed by atoms with Crippen molar-refractivity contribution < 1.29 is 14.3 Å². The van der Waals surface area contributed by atoms with Crippen LogP contribution in [0.3, 0.4) is 0 Å². The lowest BCUT2D eigenvalue weighted by molar-refractivity contribution is -0.136. The number of furan rings is 1. The van der Waals surface area contributed by atoms with Crippen molar-refractivity contribution in [2.45, 2.75) is 12.8 Å². The normalized spacial score (nSPS) is 11.1. The topological polar surface area (TPSA) is 80.6 Å². The van der Waals surface area contributed by atoms with E-state index in [-0.39, 0.29) is 6.42 Å². The van der Waals surface area contributed by atoms with Gasteiger partial charge in [-0.25, -0.2) is 0 Å². The minimum absolute atomic E-state index is 0.0849. The number of carbonyl (C=O) groups is 1. The molecule has 0 atom stereocenters. The van der Waals surface area contributed by atoms with Gasteiger partial charge in [-0.05, 0) is 18.6 Å². The molecular formula is C11H9N3O3S. The molecule has 0 amide bonds. The highest BCUT2D eigenvalue weighted by atomic mass is 32.1. The SMILES string of the molecule is O=C(O)CCc1csc2nnc(-c3ccco3)n12. The molecule has 0 aliphatic heterocycles. The lowest BCUT2D eigenvalue weighted by atomic mass is 10.2. The first kappa shape index (κ1) is 11.0. The molecule has 0 radical (unpaired) electrons. The van der Waals surface area contributed by atoms with Crippen molar-refractivity contribution in [1.29, 1.82) is 0 Å². The van der Waals surface area contributed by atoms with Crippen molar-refractivity contribution in [1.82, 2.24) is 14.6 Å². The Morgan fingerprint density at radius 2 is 2.39 bits per heavy atom. The van der Waals surface area contributed by atoms with Crippen LogP contribution in [0, 0.1) is 0 Å². The number of carboxylic acid groups (broad SMARTS) is 1. The zero-order chi connectivity index (χ0) is 12.5. The Morgan fingerprint density at radius 3 is 3.11 bits per heavy atom. The average molecular weight is 263 g/mol. The summed E-state index contributed by atoms with van der Waals surface area (Å²) in [6.07, 6.45) is 2.10. The van der Waals surface area contributed by atoms with Crippen LogP contribution in [0.2, 0.25) is 0 Å². The van der Waals surface area contributed by atoms with Gasteiger partial charge >= 0.3 is 5.97 Å². The largest absolute Gasteiger partial charge is 0.481 e. The first-order chi connectivity index (χ1) is 8.75. The summed E-state index contributed by atoms with van der Waals surface area (Å²) in [5.41, 5.74) is 0.883. The second kappa shape index (κ2) is 4.26. The maximum absolute atomic E-state index is 10.6. The Labute approximate surface area is 105 Å². The number of rotatable bonds is 4. The van der Waals surface area contributed by atoms with E-state index in [9.17, 15) is 4.79 Å². The van der Waals surface area contributed by atoms with Gasteiger partial charge in [0.2, 0.25) is 10.8 Å². The molecule has 7 heteroatoms. The van der Waals surface area contributed by atoms with Crippen molar-refractivity contribution in [3.63, 3.8) is 0 Å². The van der Waals surface area contributed by atoms with E-state index in [0.29, 0.717) is 18.0 Å². The average Bonchev–Trinajstić information content (AvgIpc) is 3.03.